The summed E-state index contributed by atoms with van der Waals surface area (Å²) in [6, 6.07) is 9.81. The fourth-order valence-electron chi connectivity index (χ4n) is 2.41. The lowest BCUT2D eigenvalue weighted by atomic mass is 10.2. The van der Waals surface area contributed by atoms with Crippen LogP contribution in [0.1, 0.15) is 11.1 Å². The Balaban J connectivity index is 1.81. The maximum atomic E-state index is 13.7. The van der Waals surface area contributed by atoms with Gasteiger partial charge in [0.15, 0.2) is 23.3 Å². The number of hydrogen-bond donors (Lipinski definition) is 1. The lowest BCUT2D eigenvalue weighted by Gasteiger charge is -2.11. The first kappa shape index (κ1) is 23.3. The number of rotatable bonds is 6. The molecule has 0 saturated heterocycles. The Kier molecular flexibility index (Phi) is 7.40. The minimum Gasteiger partial charge on any atom is -0.488 e. The van der Waals surface area contributed by atoms with Crippen LogP contribution in [0.25, 0.3) is 0 Å². The number of hydrogen-bond acceptors (Lipinski definition) is 3. The molecule has 0 unspecified atom stereocenters. The first-order valence-electron chi connectivity index (χ1n) is 8.35. The van der Waals surface area contributed by atoms with Gasteiger partial charge in [-0.25, -0.2) is 22.0 Å². The third-order valence-electron chi connectivity index (χ3n) is 3.94. The normalized spacial score (nSPS) is 11.2. The molecule has 0 aliphatic carbocycles. The van der Waals surface area contributed by atoms with Gasteiger partial charge in [-0.3, -0.25) is 5.43 Å². The van der Waals surface area contributed by atoms with Crippen molar-refractivity contribution in [2.75, 3.05) is 5.43 Å². The van der Waals surface area contributed by atoms with Gasteiger partial charge in [-0.15, -0.1) is 0 Å². The van der Waals surface area contributed by atoms with Crippen molar-refractivity contribution in [3.05, 3.63) is 91.1 Å². The monoisotopic (exact) mass is 538 g/mol. The van der Waals surface area contributed by atoms with Gasteiger partial charge in [-0.1, -0.05) is 45.2 Å². The number of anilines is 1. The minimum atomic E-state index is -2.26. The van der Waals surface area contributed by atoms with Crippen LogP contribution in [0, 0.1) is 29.1 Å². The summed E-state index contributed by atoms with van der Waals surface area (Å²) in [4.78, 5) is 0. The van der Waals surface area contributed by atoms with E-state index in [4.69, 9.17) is 27.9 Å². The zero-order chi connectivity index (χ0) is 22.7. The molecule has 0 atom stereocenters. The van der Waals surface area contributed by atoms with Crippen LogP contribution in [-0.2, 0) is 6.61 Å². The molecule has 3 aromatic carbocycles. The fraction of sp³-hybridized carbons (Fsp3) is 0.0500. The molecule has 0 spiro atoms. The van der Waals surface area contributed by atoms with E-state index in [2.05, 4.69) is 21.0 Å². The summed E-state index contributed by atoms with van der Waals surface area (Å²) < 4.78 is 73.5. The highest BCUT2D eigenvalue weighted by molar-refractivity contribution is 9.10. The Bertz CT molecular complexity index is 1150. The molecule has 31 heavy (non-hydrogen) atoms. The second-order valence-corrected chi connectivity index (χ2v) is 7.76. The van der Waals surface area contributed by atoms with E-state index in [-0.39, 0.29) is 6.61 Å². The predicted octanol–water partition coefficient (Wildman–Crippen LogP) is 7.48. The smallest absolute Gasteiger partial charge is 0.200 e. The van der Waals surface area contributed by atoms with Crippen LogP contribution in [0.15, 0.2) is 46.0 Å². The van der Waals surface area contributed by atoms with Crippen LogP contribution in [0.3, 0.4) is 0 Å². The molecule has 3 rings (SSSR count). The van der Waals surface area contributed by atoms with E-state index in [1.807, 2.05) is 5.43 Å². The summed E-state index contributed by atoms with van der Waals surface area (Å²) in [5.41, 5.74) is 1.64. The van der Waals surface area contributed by atoms with Crippen molar-refractivity contribution in [2.45, 2.75) is 6.61 Å². The van der Waals surface area contributed by atoms with Gasteiger partial charge in [0.1, 0.15) is 18.0 Å². The zero-order valence-electron chi connectivity index (χ0n) is 15.1. The summed E-state index contributed by atoms with van der Waals surface area (Å²) >= 11 is 15.1. The van der Waals surface area contributed by atoms with Gasteiger partial charge in [0, 0.05) is 10.0 Å². The molecule has 11 heteroatoms. The number of nitrogens with one attached hydrogen (secondary N) is 1. The first-order valence-corrected chi connectivity index (χ1v) is 9.90. The van der Waals surface area contributed by atoms with E-state index >= 15 is 0 Å². The quantitative estimate of drug-likeness (QED) is 0.116. The van der Waals surface area contributed by atoms with E-state index in [9.17, 15) is 22.0 Å². The molecule has 0 saturated carbocycles. The van der Waals surface area contributed by atoms with Crippen LogP contribution >= 0.6 is 39.1 Å². The molecule has 3 aromatic rings. The van der Waals surface area contributed by atoms with Gasteiger partial charge in [0.2, 0.25) is 5.82 Å². The topological polar surface area (TPSA) is 33.6 Å². The van der Waals surface area contributed by atoms with Crippen molar-refractivity contribution in [3.63, 3.8) is 0 Å². The van der Waals surface area contributed by atoms with E-state index in [0.29, 0.717) is 25.8 Å². The van der Waals surface area contributed by atoms with Crippen molar-refractivity contribution in [2.24, 2.45) is 5.10 Å². The lowest BCUT2D eigenvalue weighted by Crippen LogP contribution is -2.07. The van der Waals surface area contributed by atoms with Gasteiger partial charge in [-0.05, 0) is 35.9 Å². The Morgan fingerprint density at radius 1 is 0.871 bits per heavy atom. The molecule has 0 amide bonds. The van der Waals surface area contributed by atoms with E-state index in [1.54, 1.807) is 36.4 Å². The van der Waals surface area contributed by atoms with Crippen LogP contribution in [0.5, 0.6) is 5.75 Å². The zero-order valence-corrected chi connectivity index (χ0v) is 18.2. The highest BCUT2D eigenvalue weighted by Gasteiger charge is 2.25. The maximum absolute atomic E-state index is 13.7. The standard InChI is InChI=1S/C20H10BrCl2F5N2O/c21-11-2-4-14(31-8-9-1-3-12(22)13(23)5-9)10(6-11)7-29-30-20-18(27)16(25)15(24)17(26)19(20)28/h1-7,30H,8H2/b29-7-. The summed E-state index contributed by atoms with van der Waals surface area (Å²) in [7, 11) is 0. The third kappa shape index (κ3) is 5.28. The molecular weight excluding hydrogens is 530 g/mol. The van der Waals surface area contributed by atoms with Gasteiger partial charge in [0.05, 0.1) is 16.3 Å². The molecule has 0 aliphatic heterocycles. The summed E-state index contributed by atoms with van der Waals surface area (Å²) in [6.07, 6.45) is 1.10. The van der Waals surface area contributed by atoms with Crippen molar-refractivity contribution < 1.29 is 26.7 Å². The van der Waals surface area contributed by atoms with Crippen LogP contribution < -0.4 is 10.2 Å². The fourth-order valence-corrected chi connectivity index (χ4v) is 3.11. The van der Waals surface area contributed by atoms with Crippen molar-refractivity contribution in [1.82, 2.24) is 0 Å². The van der Waals surface area contributed by atoms with Gasteiger partial charge >= 0.3 is 0 Å². The molecule has 1 N–H and O–H groups in total. The van der Waals surface area contributed by atoms with Crippen molar-refractivity contribution in [3.8, 4) is 5.75 Å². The number of ether oxygens (including phenoxy) is 1. The molecule has 0 aromatic heterocycles. The average Bonchev–Trinajstić information content (AvgIpc) is 2.75. The number of halogens is 8. The van der Waals surface area contributed by atoms with Crippen molar-refractivity contribution >= 4 is 51.0 Å². The lowest BCUT2D eigenvalue weighted by molar-refractivity contribution is 0.306. The highest BCUT2D eigenvalue weighted by atomic mass is 79.9. The third-order valence-corrected chi connectivity index (χ3v) is 5.17. The van der Waals surface area contributed by atoms with Gasteiger partial charge in [-0.2, -0.15) is 5.10 Å². The number of nitrogens with zero attached hydrogens (tertiary/aromatic N) is 1. The molecule has 0 fully saturated rings. The summed E-state index contributed by atoms with van der Waals surface area (Å²) in [5, 5.41) is 4.32. The van der Waals surface area contributed by atoms with Gasteiger partial charge in [0.25, 0.3) is 0 Å². The van der Waals surface area contributed by atoms with Crippen LogP contribution in [-0.4, -0.2) is 6.21 Å². The second kappa shape index (κ2) is 9.84. The molecule has 162 valence electrons. The highest BCUT2D eigenvalue weighted by Crippen LogP contribution is 2.28. The Hall–Kier alpha value is -2.36. The number of benzene rings is 3. The molecule has 0 bridgehead atoms. The minimum absolute atomic E-state index is 0.116. The summed E-state index contributed by atoms with van der Waals surface area (Å²) in [5.74, 6) is -10.1. The average molecular weight is 540 g/mol. The Morgan fingerprint density at radius 3 is 2.16 bits per heavy atom. The first-order chi connectivity index (χ1) is 14.7. The van der Waals surface area contributed by atoms with Gasteiger partial charge < -0.3 is 4.74 Å². The second-order valence-electron chi connectivity index (χ2n) is 6.03. The molecule has 3 nitrogen and oxygen atoms in total. The molecule has 0 aliphatic rings. The predicted molar refractivity (Wildman–Crippen MR) is 112 cm³/mol. The Labute approximate surface area is 191 Å². The van der Waals surface area contributed by atoms with Crippen LogP contribution in [0.4, 0.5) is 27.6 Å². The Morgan fingerprint density at radius 2 is 1.52 bits per heavy atom. The largest absolute Gasteiger partial charge is 0.488 e. The molecule has 0 heterocycles. The maximum Gasteiger partial charge on any atom is 0.200 e. The van der Waals surface area contributed by atoms with E-state index in [0.717, 1.165) is 11.8 Å². The molecule has 0 radical (unpaired) electrons. The SMILES string of the molecule is Fc1c(F)c(F)c(N/N=C\c2cc(Br)ccc2OCc2ccc(Cl)c(Cl)c2)c(F)c1F. The van der Waals surface area contributed by atoms with Crippen molar-refractivity contribution in [1.29, 1.82) is 0 Å². The van der Waals surface area contributed by atoms with E-state index in [1.165, 1.54) is 0 Å². The number of hydrazone groups is 1. The van der Waals surface area contributed by atoms with E-state index < -0.39 is 34.8 Å². The van der Waals surface area contributed by atoms with Crippen LogP contribution in [0.2, 0.25) is 10.0 Å². The molecular formula is C20H10BrCl2F5N2O. The summed E-state index contributed by atoms with van der Waals surface area (Å²) in [6.45, 7) is 0.116.